The summed E-state index contributed by atoms with van der Waals surface area (Å²) in [5, 5.41) is 0. The monoisotopic (exact) mass is 240 g/mol. The predicted octanol–water partition coefficient (Wildman–Crippen LogP) is 0.909. The third-order valence-electron chi connectivity index (χ3n) is 3.29. The lowest BCUT2D eigenvalue weighted by molar-refractivity contribution is -0.140. The number of ketones is 1. The summed E-state index contributed by atoms with van der Waals surface area (Å²) in [7, 11) is 0. The third kappa shape index (κ3) is 2.39. The summed E-state index contributed by atoms with van der Waals surface area (Å²) in [4.78, 5) is 27.7. The summed E-state index contributed by atoms with van der Waals surface area (Å²) in [6.07, 6.45) is 0. The zero-order valence-electron chi connectivity index (χ0n) is 11.0. The average molecular weight is 240 g/mol. The highest BCUT2D eigenvalue weighted by Gasteiger charge is 2.46. The molecule has 0 bridgehead atoms. The van der Waals surface area contributed by atoms with Crippen LogP contribution >= 0.6 is 0 Å². The van der Waals surface area contributed by atoms with Crippen LogP contribution in [0.4, 0.5) is 0 Å². The Morgan fingerprint density at radius 2 is 1.88 bits per heavy atom. The molecule has 96 valence electrons. The topological polar surface area (TPSA) is 81.8 Å². The average Bonchev–Trinajstić information content (AvgIpc) is 2.54. The SMILES string of the molecule is CC(C)C(N)C(=O)C1=N[C@@](C)(C(C)C)C(=O)O1. The Morgan fingerprint density at radius 1 is 1.35 bits per heavy atom. The van der Waals surface area contributed by atoms with Gasteiger partial charge in [0.1, 0.15) is 0 Å². The van der Waals surface area contributed by atoms with Gasteiger partial charge in [-0.05, 0) is 18.8 Å². The Balaban J connectivity index is 2.96. The van der Waals surface area contributed by atoms with E-state index in [4.69, 9.17) is 10.5 Å². The molecule has 0 saturated carbocycles. The molecule has 0 amide bonds. The van der Waals surface area contributed by atoms with Crippen LogP contribution in [-0.4, -0.2) is 29.2 Å². The van der Waals surface area contributed by atoms with E-state index in [1.165, 1.54) is 0 Å². The minimum absolute atomic E-state index is 0.0187. The van der Waals surface area contributed by atoms with E-state index in [9.17, 15) is 9.59 Å². The largest absolute Gasteiger partial charge is 0.402 e. The maximum Gasteiger partial charge on any atom is 0.340 e. The van der Waals surface area contributed by atoms with Crippen molar-refractivity contribution in [1.29, 1.82) is 0 Å². The van der Waals surface area contributed by atoms with Gasteiger partial charge in [0, 0.05) is 0 Å². The molecule has 0 spiro atoms. The van der Waals surface area contributed by atoms with Crippen LogP contribution in [0.2, 0.25) is 0 Å². The molecule has 1 rings (SSSR count). The fourth-order valence-corrected chi connectivity index (χ4v) is 1.39. The second-order valence-corrected chi connectivity index (χ2v) is 5.24. The van der Waals surface area contributed by atoms with Gasteiger partial charge >= 0.3 is 5.97 Å². The first-order valence-corrected chi connectivity index (χ1v) is 5.82. The van der Waals surface area contributed by atoms with E-state index in [0.29, 0.717) is 0 Å². The van der Waals surface area contributed by atoms with Gasteiger partial charge in [-0.3, -0.25) is 4.79 Å². The molecule has 0 saturated heterocycles. The molecule has 0 aromatic carbocycles. The Labute approximate surface area is 101 Å². The summed E-state index contributed by atoms with van der Waals surface area (Å²) < 4.78 is 4.95. The molecule has 0 aliphatic carbocycles. The second kappa shape index (κ2) is 4.56. The third-order valence-corrected chi connectivity index (χ3v) is 3.29. The molecule has 0 aromatic heterocycles. The molecular formula is C12H20N2O3. The highest BCUT2D eigenvalue weighted by Crippen LogP contribution is 2.28. The maximum atomic E-state index is 11.9. The maximum absolute atomic E-state index is 11.9. The van der Waals surface area contributed by atoms with Crippen molar-refractivity contribution < 1.29 is 14.3 Å². The van der Waals surface area contributed by atoms with Gasteiger partial charge < -0.3 is 10.5 Å². The molecule has 1 aliphatic heterocycles. The highest BCUT2D eigenvalue weighted by atomic mass is 16.6. The molecule has 0 aromatic rings. The van der Waals surface area contributed by atoms with Gasteiger partial charge in [-0.25, -0.2) is 9.79 Å². The van der Waals surface area contributed by atoms with Crippen molar-refractivity contribution in [2.24, 2.45) is 22.6 Å². The van der Waals surface area contributed by atoms with E-state index in [1.54, 1.807) is 6.92 Å². The number of rotatable bonds is 4. The van der Waals surface area contributed by atoms with Crippen LogP contribution in [0, 0.1) is 11.8 Å². The quantitative estimate of drug-likeness (QED) is 0.740. The summed E-state index contributed by atoms with van der Waals surface area (Å²) in [6, 6.07) is -0.684. The number of Topliss-reactive ketones (excluding diaryl/α,β-unsaturated/α-hetero) is 1. The highest BCUT2D eigenvalue weighted by molar-refractivity contribution is 6.41. The van der Waals surface area contributed by atoms with E-state index in [0.717, 1.165) is 0 Å². The van der Waals surface area contributed by atoms with Gasteiger partial charge in [0.25, 0.3) is 5.90 Å². The standard InChI is InChI=1S/C12H20N2O3/c1-6(2)8(13)9(15)10-14-12(5,7(3)4)11(16)17-10/h6-8H,13H2,1-5H3/t8?,12-/m0/s1. The van der Waals surface area contributed by atoms with Crippen molar-refractivity contribution in [3.05, 3.63) is 0 Å². The van der Waals surface area contributed by atoms with Gasteiger partial charge in [-0.2, -0.15) is 0 Å². The number of carbonyl (C=O) groups excluding carboxylic acids is 2. The van der Waals surface area contributed by atoms with E-state index >= 15 is 0 Å². The number of nitrogens with zero attached hydrogens (tertiary/aromatic N) is 1. The van der Waals surface area contributed by atoms with Gasteiger partial charge in [-0.15, -0.1) is 0 Å². The van der Waals surface area contributed by atoms with Gasteiger partial charge in [0.2, 0.25) is 5.78 Å². The summed E-state index contributed by atoms with van der Waals surface area (Å²) in [6.45, 7) is 9.06. The number of ether oxygens (including phenoxy) is 1. The van der Waals surface area contributed by atoms with Crippen molar-refractivity contribution in [1.82, 2.24) is 0 Å². The van der Waals surface area contributed by atoms with Gasteiger partial charge in [0.05, 0.1) is 6.04 Å². The van der Waals surface area contributed by atoms with Crippen molar-refractivity contribution in [2.75, 3.05) is 0 Å². The summed E-state index contributed by atoms with van der Waals surface area (Å²) >= 11 is 0. The Bertz CT molecular complexity index is 374. The van der Waals surface area contributed by atoms with Crippen LogP contribution in [0.1, 0.15) is 34.6 Å². The zero-order valence-corrected chi connectivity index (χ0v) is 11.0. The molecule has 0 radical (unpaired) electrons. The molecule has 1 heterocycles. The van der Waals surface area contributed by atoms with E-state index < -0.39 is 23.3 Å². The number of hydrogen-bond acceptors (Lipinski definition) is 5. The van der Waals surface area contributed by atoms with E-state index in [2.05, 4.69) is 4.99 Å². The first kappa shape index (κ1) is 13.8. The minimum atomic E-state index is -0.971. The normalized spacial score (nSPS) is 26.1. The number of cyclic esters (lactones) is 1. The number of hydrogen-bond donors (Lipinski definition) is 1. The number of nitrogens with two attached hydrogens (primary N) is 1. The lowest BCUT2D eigenvalue weighted by atomic mass is 9.90. The fraction of sp³-hybridized carbons (Fsp3) is 0.750. The molecule has 5 heteroatoms. The number of aliphatic imine (C=N–C) groups is 1. The van der Waals surface area contributed by atoms with Crippen LogP contribution in [0.15, 0.2) is 4.99 Å². The van der Waals surface area contributed by atoms with Crippen molar-refractivity contribution >= 4 is 17.7 Å². The lowest BCUT2D eigenvalue weighted by Crippen LogP contribution is -2.40. The Kier molecular flexibility index (Phi) is 3.71. The first-order valence-electron chi connectivity index (χ1n) is 5.82. The molecule has 0 fully saturated rings. The van der Waals surface area contributed by atoms with Crippen LogP contribution in [0.5, 0.6) is 0 Å². The molecule has 5 nitrogen and oxygen atoms in total. The second-order valence-electron chi connectivity index (χ2n) is 5.24. The van der Waals surface area contributed by atoms with Crippen LogP contribution in [0.25, 0.3) is 0 Å². The molecule has 17 heavy (non-hydrogen) atoms. The molecule has 2 N–H and O–H groups in total. The van der Waals surface area contributed by atoms with Crippen LogP contribution in [0.3, 0.4) is 0 Å². The van der Waals surface area contributed by atoms with Crippen molar-refractivity contribution in [3.8, 4) is 0 Å². The van der Waals surface area contributed by atoms with E-state index in [1.807, 2.05) is 27.7 Å². The zero-order chi connectivity index (χ0) is 13.4. The molecule has 1 unspecified atom stereocenters. The minimum Gasteiger partial charge on any atom is -0.402 e. The number of carbonyl (C=O) groups is 2. The molecular weight excluding hydrogens is 220 g/mol. The smallest absolute Gasteiger partial charge is 0.340 e. The van der Waals surface area contributed by atoms with E-state index in [-0.39, 0.29) is 17.7 Å². The summed E-state index contributed by atoms with van der Waals surface area (Å²) in [5.41, 5.74) is 4.76. The number of esters is 1. The van der Waals surface area contributed by atoms with Crippen LogP contribution in [-0.2, 0) is 14.3 Å². The first-order chi connectivity index (χ1) is 7.70. The predicted molar refractivity (Wildman–Crippen MR) is 64.6 cm³/mol. The van der Waals surface area contributed by atoms with Gasteiger partial charge in [-0.1, -0.05) is 27.7 Å². The molecule has 2 atom stereocenters. The summed E-state index contributed by atoms with van der Waals surface area (Å²) in [5.74, 6) is -1.08. The van der Waals surface area contributed by atoms with Crippen LogP contribution < -0.4 is 5.73 Å². The fourth-order valence-electron chi connectivity index (χ4n) is 1.39. The Hall–Kier alpha value is -1.23. The van der Waals surface area contributed by atoms with Crippen molar-refractivity contribution in [2.45, 2.75) is 46.2 Å². The van der Waals surface area contributed by atoms with Crippen molar-refractivity contribution in [3.63, 3.8) is 0 Å². The Morgan fingerprint density at radius 3 is 2.24 bits per heavy atom. The van der Waals surface area contributed by atoms with Gasteiger partial charge in [0.15, 0.2) is 5.54 Å². The lowest BCUT2D eigenvalue weighted by Gasteiger charge is -2.19. The molecule has 1 aliphatic rings.